The summed E-state index contributed by atoms with van der Waals surface area (Å²) in [6.45, 7) is 7.09. The number of likely N-dealkylation sites (tertiary alicyclic amines) is 1. The van der Waals surface area contributed by atoms with Crippen LogP contribution in [0, 0.1) is 18.8 Å². The van der Waals surface area contributed by atoms with E-state index in [9.17, 15) is 4.79 Å². The number of nitrogens with zero attached hydrogens (tertiary/aromatic N) is 5. The summed E-state index contributed by atoms with van der Waals surface area (Å²) in [6, 6.07) is 8.45. The van der Waals surface area contributed by atoms with Crippen LogP contribution in [0.5, 0.6) is 5.88 Å². The van der Waals surface area contributed by atoms with Gasteiger partial charge < -0.3 is 9.64 Å². The second-order valence-electron chi connectivity index (χ2n) is 8.48. The number of ether oxygens (including phenoxy) is 1. The summed E-state index contributed by atoms with van der Waals surface area (Å²) in [7, 11) is 0. The fraction of sp³-hybridized carbons (Fsp3) is 0.375. The zero-order valence-corrected chi connectivity index (χ0v) is 20.2. The van der Waals surface area contributed by atoms with Gasteiger partial charge >= 0.3 is 0 Å². The van der Waals surface area contributed by atoms with E-state index in [2.05, 4.69) is 33.8 Å². The average Bonchev–Trinajstić information content (AvgIpc) is 2.79. The molecule has 4 rings (SSSR count). The van der Waals surface area contributed by atoms with Crippen molar-refractivity contribution in [1.82, 2.24) is 24.8 Å². The Kier molecular flexibility index (Phi) is 7.10. The number of aryl methyl sites for hydroxylation is 1. The van der Waals surface area contributed by atoms with Gasteiger partial charge in [-0.25, -0.2) is 19.9 Å². The lowest BCUT2D eigenvalue weighted by atomic mass is 9.84. The number of pyridine rings is 2. The standard InChI is InChI=1S/C24H25Cl2N5O2/c1-14-9-18(13-33-21-11-17(25)10-20(26)30-21)31(12-15(14)2)24(32)22-19(6-5-16(3)29-22)23-27-7-4-8-28-23/h4-8,10-11,14-15,18H,9,12-13H2,1-3H3/t14-,15?,18-/m0/s1. The van der Waals surface area contributed by atoms with Gasteiger partial charge in [0.1, 0.15) is 17.5 Å². The first-order chi connectivity index (χ1) is 15.8. The first-order valence-electron chi connectivity index (χ1n) is 10.8. The second kappa shape index (κ2) is 10.0. The van der Waals surface area contributed by atoms with Gasteiger partial charge in [0, 0.05) is 35.7 Å². The van der Waals surface area contributed by atoms with Crippen molar-refractivity contribution in [2.75, 3.05) is 13.2 Å². The van der Waals surface area contributed by atoms with Crippen LogP contribution in [0.1, 0.15) is 36.5 Å². The minimum Gasteiger partial charge on any atom is -0.475 e. The fourth-order valence-electron chi connectivity index (χ4n) is 4.01. The first kappa shape index (κ1) is 23.4. The maximum atomic E-state index is 13.8. The van der Waals surface area contributed by atoms with Crippen LogP contribution in [0.4, 0.5) is 0 Å². The Bertz CT molecular complexity index is 1120. The van der Waals surface area contributed by atoms with Gasteiger partial charge in [-0.1, -0.05) is 37.0 Å². The van der Waals surface area contributed by atoms with Crippen LogP contribution in [0.3, 0.4) is 0 Å². The maximum absolute atomic E-state index is 13.8. The number of amides is 1. The molecule has 1 aliphatic rings. The Balaban J connectivity index is 1.63. The van der Waals surface area contributed by atoms with E-state index in [1.807, 2.05) is 24.0 Å². The molecular formula is C24H25Cl2N5O2. The van der Waals surface area contributed by atoms with E-state index in [0.29, 0.717) is 46.4 Å². The molecule has 9 heteroatoms. The monoisotopic (exact) mass is 485 g/mol. The van der Waals surface area contributed by atoms with Crippen LogP contribution in [0.25, 0.3) is 11.4 Å². The van der Waals surface area contributed by atoms with Crippen LogP contribution in [-0.2, 0) is 0 Å². The lowest BCUT2D eigenvalue weighted by Crippen LogP contribution is -2.51. The summed E-state index contributed by atoms with van der Waals surface area (Å²) in [5.41, 5.74) is 1.71. The van der Waals surface area contributed by atoms with Crippen molar-refractivity contribution < 1.29 is 9.53 Å². The molecule has 3 aromatic rings. The maximum Gasteiger partial charge on any atom is 0.273 e. The lowest BCUT2D eigenvalue weighted by Gasteiger charge is -2.41. The molecule has 1 amide bonds. The zero-order chi connectivity index (χ0) is 23.5. The highest BCUT2D eigenvalue weighted by molar-refractivity contribution is 6.34. The summed E-state index contributed by atoms with van der Waals surface area (Å²) in [6.07, 6.45) is 4.10. The van der Waals surface area contributed by atoms with Crippen molar-refractivity contribution in [3.05, 3.63) is 64.3 Å². The fourth-order valence-corrected chi connectivity index (χ4v) is 4.46. The number of rotatable bonds is 5. The number of halogens is 2. The van der Waals surface area contributed by atoms with E-state index in [-0.39, 0.29) is 23.7 Å². The topological polar surface area (TPSA) is 81.1 Å². The van der Waals surface area contributed by atoms with Crippen LogP contribution < -0.4 is 4.74 Å². The van der Waals surface area contributed by atoms with Crippen molar-refractivity contribution in [2.45, 2.75) is 33.2 Å². The highest BCUT2D eigenvalue weighted by Gasteiger charge is 2.36. The number of carbonyl (C=O) groups is 1. The molecule has 3 aromatic heterocycles. The van der Waals surface area contributed by atoms with Crippen LogP contribution in [0.15, 0.2) is 42.7 Å². The smallest absolute Gasteiger partial charge is 0.273 e. The Labute approximate surface area is 203 Å². The number of hydrogen-bond donors (Lipinski definition) is 0. The minimum atomic E-state index is -0.161. The van der Waals surface area contributed by atoms with Crippen molar-refractivity contribution >= 4 is 29.1 Å². The van der Waals surface area contributed by atoms with Gasteiger partial charge in [0.25, 0.3) is 5.91 Å². The summed E-state index contributed by atoms with van der Waals surface area (Å²) in [4.78, 5) is 33.1. The van der Waals surface area contributed by atoms with Crippen molar-refractivity contribution in [1.29, 1.82) is 0 Å². The molecule has 7 nitrogen and oxygen atoms in total. The summed E-state index contributed by atoms with van der Waals surface area (Å²) in [5.74, 6) is 1.41. The molecule has 4 heterocycles. The van der Waals surface area contributed by atoms with E-state index >= 15 is 0 Å². The molecule has 0 saturated carbocycles. The third-order valence-corrected chi connectivity index (χ3v) is 6.42. The molecule has 1 aliphatic heterocycles. The minimum absolute atomic E-state index is 0.157. The zero-order valence-electron chi connectivity index (χ0n) is 18.7. The molecule has 172 valence electrons. The van der Waals surface area contributed by atoms with E-state index in [4.69, 9.17) is 27.9 Å². The van der Waals surface area contributed by atoms with E-state index in [1.165, 1.54) is 0 Å². The van der Waals surface area contributed by atoms with E-state index in [0.717, 1.165) is 12.1 Å². The van der Waals surface area contributed by atoms with Gasteiger partial charge in [-0.05, 0) is 49.4 Å². The average molecular weight is 486 g/mol. The third kappa shape index (κ3) is 5.42. The number of aromatic nitrogens is 4. The van der Waals surface area contributed by atoms with Crippen molar-refractivity contribution in [2.24, 2.45) is 11.8 Å². The van der Waals surface area contributed by atoms with Crippen LogP contribution in [0.2, 0.25) is 10.2 Å². The first-order valence-corrected chi connectivity index (χ1v) is 11.6. The normalized spacial score (nSPS) is 20.5. The molecule has 3 atom stereocenters. The predicted molar refractivity (Wildman–Crippen MR) is 128 cm³/mol. The van der Waals surface area contributed by atoms with Crippen molar-refractivity contribution in [3.63, 3.8) is 0 Å². The molecule has 0 bridgehead atoms. The van der Waals surface area contributed by atoms with Gasteiger partial charge in [0.15, 0.2) is 5.82 Å². The Hall–Kier alpha value is -2.77. The molecule has 0 aromatic carbocycles. The summed E-state index contributed by atoms with van der Waals surface area (Å²) in [5, 5.41) is 0.701. The molecule has 1 fully saturated rings. The van der Waals surface area contributed by atoms with Gasteiger partial charge in [-0.15, -0.1) is 0 Å². The number of carbonyl (C=O) groups excluding carboxylic acids is 1. The highest BCUT2D eigenvalue weighted by atomic mass is 35.5. The SMILES string of the molecule is Cc1ccc(-c2ncccn2)c(C(=O)N2CC(C)[C@@H](C)C[C@H]2COc2cc(Cl)cc(Cl)n2)n1. The molecule has 0 aliphatic carbocycles. The predicted octanol–water partition coefficient (Wildman–Crippen LogP) is 5.11. The lowest BCUT2D eigenvalue weighted by molar-refractivity contribution is 0.0318. The van der Waals surface area contributed by atoms with Gasteiger partial charge in [0.2, 0.25) is 5.88 Å². The number of hydrogen-bond acceptors (Lipinski definition) is 6. The summed E-state index contributed by atoms with van der Waals surface area (Å²) < 4.78 is 5.93. The van der Waals surface area contributed by atoms with Gasteiger partial charge in [-0.3, -0.25) is 4.79 Å². The van der Waals surface area contributed by atoms with Crippen LogP contribution in [-0.4, -0.2) is 49.9 Å². The van der Waals surface area contributed by atoms with E-state index < -0.39 is 0 Å². The summed E-state index contributed by atoms with van der Waals surface area (Å²) >= 11 is 12.1. The van der Waals surface area contributed by atoms with Gasteiger partial charge in [0.05, 0.1) is 11.6 Å². The Morgan fingerprint density at radius 2 is 1.88 bits per heavy atom. The molecule has 1 unspecified atom stereocenters. The number of piperidine rings is 1. The van der Waals surface area contributed by atoms with Crippen LogP contribution >= 0.6 is 23.2 Å². The van der Waals surface area contributed by atoms with Crippen molar-refractivity contribution in [3.8, 4) is 17.3 Å². The Morgan fingerprint density at radius 3 is 2.61 bits per heavy atom. The highest BCUT2D eigenvalue weighted by Crippen LogP contribution is 2.31. The largest absolute Gasteiger partial charge is 0.475 e. The van der Waals surface area contributed by atoms with E-state index in [1.54, 1.807) is 30.6 Å². The molecule has 1 saturated heterocycles. The molecule has 0 N–H and O–H groups in total. The molecule has 33 heavy (non-hydrogen) atoms. The second-order valence-corrected chi connectivity index (χ2v) is 9.30. The Morgan fingerprint density at radius 1 is 1.12 bits per heavy atom. The third-order valence-electron chi connectivity index (χ3n) is 6.00. The quantitative estimate of drug-likeness (QED) is 0.466. The molecule has 0 spiro atoms. The van der Waals surface area contributed by atoms with Gasteiger partial charge in [-0.2, -0.15) is 0 Å². The molecule has 0 radical (unpaired) electrons. The molecular weight excluding hydrogens is 461 g/mol.